The van der Waals surface area contributed by atoms with Crippen molar-refractivity contribution in [2.45, 2.75) is 58.7 Å². The largest absolute Gasteiger partial charge is 0.465 e. The SMILES string of the molecule is CCN(Cc1cc(CNC)oc1C)C1CCCC1. The van der Waals surface area contributed by atoms with E-state index in [0.717, 1.165) is 37.2 Å². The number of hydrogen-bond acceptors (Lipinski definition) is 3. The molecular formula is C15H26N2O. The van der Waals surface area contributed by atoms with Crippen molar-refractivity contribution in [3.63, 3.8) is 0 Å². The highest BCUT2D eigenvalue weighted by molar-refractivity contribution is 5.21. The van der Waals surface area contributed by atoms with E-state index in [-0.39, 0.29) is 0 Å². The first-order valence-electron chi connectivity index (χ1n) is 7.21. The third kappa shape index (κ3) is 3.15. The molecule has 1 N–H and O–H groups in total. The lowest BCUT2D eigenvalue weighted by atomic mass is 10.1. The summed E-state index contributed by atoms with van der Waals surface area (Å²) in [7, 11) is 1.95. The van der Waals surface area contributed by atoms with Crippen molar-refractivity contribution >= 4 is 0 Å². The van der Waals surface area contributed by atoms with Crippen LogP contribution in [0.2, 0.25) is 0 Å². The van der Waals surface area contributed by atoms with Crippen LogP contribution in [0, 0.1) is 6.92 Å². The standard InChI is InChI=1S/C15H26N2O/c1-4-17(14-7-5-6-8-14)11-13-9-15(10-16-3)18-12(13)2/h9,14,16H,4-8,10-11H2,1-3H3. The van der Waals surface area contributed by atoms with Crippen molar-refractivity contribution in [3.05, 3.63) is 23.2 Å². The Labute approximate surface area is 111 Å². The highest BCUT2D eigenvalue weighted by Crippen LogP contribution is 2.26. The number of nitrogens with one attached hydrogen (secondary N) is 1. The van der Waals surface area contributed by atoms with Crippen molar-refractivity contribution in [2.24, 2.45) is 0 Å². The second-order valence-electron chi connectivity index (χ2n) is 5.33. The van der Waals surface area contributed by atoms with Crippen LogP contribution in [0.4, 0.5) is 0 Å². The smallest absolute Gasteiger partial charge is 0.118 e. The molecular weight excluding hydrogens is 224 g/mol. The van der Waals surface area contributed by atoms with Gasteiger partial charge in [0.15, 0.2) is 0 Å². The average Bonchev–Trinajstić information content (AvgIpc) is 2.97. The van der Waals surface area contributed by atoms with Gasteiger partial charge in [0.1, 0.15) is 11.5 Å². The van der Waals surface area contributed by atoms with E-state index < -0.39 is 0 Å². The molecule has 2 rings (SSSR count). The van der Waals surface area contributed by atoms with E-state index in [9.17, 15) is 0 Å². The van der Waals surface area contributed by atoms with Crippen LogP contribution in [0.1, 0.15) is 49.7 Å². The summed E-state index contributed by atoms with van der Waals surface area (Å²) in [4.78, 5) is 2.61. The number of rotatable bonds is 6. The van der Waals surface area contributed by atoms with Gasteiger partial charge in [0.25, 0.3) is 0 Å². The average molecular weight is 250 g/mol. The molecule has 1 aliphatic rings. The Morgan fingerprint density at radius 3 is 2.72 bits per heavy atom. The Bertz CT molecular complexity index is 367. The van der Waals surface area contributed by atoms with Crippen molar-refractivity contribution in [2.75, 3.05) is 13.6 Å². The van der Waals surface area contributed by atoms with Crippen LogP contribution >= 0.6 is 0 Å². The zero-order valence-corrected chi connectivity index (χ0v) is 12.0. The second-order valence-corrected chi connectivity index (χ2v) is 5.33. The van der Waals surface area contributed by atoms with Gasteiger partial charge in [0.05, 0.1) is 6.54 Å². The first kappa shape index (κ1) is 13.6. The minimum atomic E-state index is 0.789. The van der Waals surface area contributed by atoms with Crippen molar-refractivity contribution in [1.29, 1.82) is 0 Å². The van der Waals surface area contributed by atoms with Gasteiger partial charge in [-0.05, 0) is 39.4 Å². The fourth-order valence-electron chi connectivity index (χ4n) is 2.99. The van der Waals surface area contributed by atoms with Crippen LogP contribution in [0.3, 0.4) is 0 Å². The molecule has 1 heterocycles. The highest BCUT2D eigenvalue weighted by atomic mass is 16.3. The first-order chi connectivity index (χ1) is 8.74. The molecule has 0 bridgehead atoms. The fourth-order valence-corrected chi connectivity index (χ4v) is 2.99. The predicted molar refractivity (Wildman–Crippen MR) is 74.5 cm³/mol. The van der Waals surface area contributed by atoms with Crippen LogP contribution in [0.15, 0.2) is 10.5 Å². The van der Waals surface area contributed by atoms with Crippen molar-refractivity contribution < 1.29 is 4.42 Å². The Morgan fingerprint density at radius 2 is 2.11 bits per heavy atom. The quantitative estimate of drug-likeness (QED) is 0.841. The molecule has 18 heavy (non-hydrogen) atoms. The van der Waals surface area contributed by atoms with E-state index in [1.165, 1.54) is 31.2 Å². The second kappa shape index (κ2) is 6.39. The minimum absolute atomic E-state index is 0.789. The molecule has 0 radical (unpaired) electrons. The molecule has 0 unspecified atom stereocenters. The molecule has 3 heteroatoms. The van der Waals surface area contributed by atoms with Gasteiger partial charge in [-0.15, -0.1) is 0 Å². The molecule has 0 saturated heterocycles. The third-order valence-electron chi connectivity index (χ3n) is 4.04. The summed E-state index contributed by atoms with van der Waals surface area (Å²) in [5, 5.41) is 3.14. The van der Waals surface area contributed by atoms with Gasteiger partial charge in [-0.3, -0.25) is 4.90 Å². The minimum Gasteiger partial charge on any atom is -0.465 e. The lowest BCUT2D eigenvalue weighted by Gasteiger charge is -2.27. The van der Waals surface area contributed by atoms with E-state index in [1.807, 2.05) is 7.05 Å². The molecule has 0 atom stereocenters. The summed E-state index contributed by atoms with van der Waals surface area (Å²) in [6.45, 7) is 7.34. The summed E-state index contributed by atoms with van der Waals surface area (Å²) in [6, 6.07) is 3.00. The van der Waals surface area contributed by atoms with E-state index in [1.54, 1.807) is 0 Å². The van der Waals surface area contributed by atoms with Crippen LogP contribution < -0.4 is 5.32 Å². The van der Waals surface area contributed by atoms with Crippen LogP contribution in [0.5, 0.6) is 0 Å². The van der Waals surface area contributed by atoms with Gasteiger partial charge in [-0.1, -0.05) is 19.8 Å². The lowest BCUT2D eigenvalue weighted by Crippen LogP contribution is -2.32. The zero-order chi connectivity index (χ0) is 13.0. The van der Waals surface area contributed by atoms with E-state index >= 15 is 0 Å². The predicted octanol–water partition coefficient (Wildman–Crippen LogP) is 3.07. The van der Waals surface area contributed by atoms with Gasteiger partial charge in [0.2, 0.25) is 0 Å². The molecule has 0 aromatic carbocycles. The maximum atomic E-state index is 5.77. The van der Waals surface area contributed by atoms with Gasteiger partial charge in [-0.2, -0.15) is 0 Å². The molecule has 1 aliphatic carbocycles. The molecule has 1 aromatic heterocycles. The van der Waals surface area contributed by atoms with E-state index in [2.05, 4.69) is 30.1 Å². The van der Waals surface area contributed by atoms with Crippen molar-refractivity contribution in [1.82, 2.24) is 10.2 Å². The lowest BCUT2D eigenvalue weighted by molar-refractivity contribution is 0.199. The van der Waals surface area contributed by atoms with Crippen LogP contribution in [0.25, 0.3) is 0 Å². The number of hydrogen-bond donors (Lipinski definition) is 1. The maximum Gasteiger partial charge on any atom is 0.118 e. The number of aryl methyl sites for hydroxylation is 1. The molecule has 1 aromatic rings. The molecule has 3 nitrogen and oxygen atoms in total. The highest BCUT2D eigenvalue weighted by Gasteiger charge is 2.22. The Kier molecular flexibility index (Phi) is 4.84. The van der Waals surface area contributed by atoms with Gasteiger partial charge < -0.3 is 9.73 Å². The monoisotopic (exact) mass is 250 g/mol. The molecule has 0 amide bonds. The fraction of sp³-hybridized carbons (Fsp3) is 0.733. The van der Waals surface area contributed by atoms with Crippen LogP contribution in [-0.2, 0) is 13.1 Å². The van der Waals surface area contributed by atoms with Crippen LogP contribution in [-0.4, -0.2) is 24.5 Å². The summed E-state index contributed by atoms with van der Waals surface area (Å²) in [6.07, 6.45) is 5.54. The normalized spacial score (nSPS) is 16.9. The van der Waals surface area contributed by atoms with Crippen molar-refractivity contribution in [3.8, 4) is 0 Å². The Hall–Kier alpha value is -0.800. The molecule has 1 saturated carbocycles. The first-order valence-corrected chi connectivity index (χ1v) is 7.21. The third-order valence-corrected chi connectivity index (χ3v) is 4.04. The summed E-state index contributed by atoms with van der Waals surface area (Å²) in [5.41, 5.74) is 1.36. The Balaban J connectivity index is 2.01. The molecule has 0 aliphatic heterocycles. The maximum absolute atomic E-state index is 5.77. The zero-order valence-electron chi connectivity index (χ0n) is 12.0. The topological polar surface area (TPSA) is 28.4 Å². The molecule has 102 valence electrons. The summed E-state index contributed by atoms with van der Waals surface area (Å²) in [5.74, 6) is 2.13. The van der Waals surface area contributed by atoms with Gasteiger partial charge >= 0.3 is 0 Å². The van der Waals surface area contributed by atoms with E-state index in [4.69, 9.17) is 4.42 Å². The summed E-state index contributed by atoms with van der Waals surface area (Å²) >= 11 is 0. The molecule has 0 spiro atoms. The number of furan rings is 1. The van der Waals surface area contributed by atoms with Gasteiger partial charge in [0, 0.05) is 18.2 Å². The van der Waals surface area contributed by atoms with E-state index in [0.29, 0.717) is 0 Å². The summed E-state index contributed by atoms with van der Waals surface area (Å²) < 4.78 is 5.77. The number of nitrogens with zero attached hydrogens (tertiary/aromatic N) is 1. The van der Waals surface area contributed by atoms with Gasteiger partial charge in [-0.25, -0.2) is 0 Å². The Morgan fingerprint density at radius 1 is 1.39 bits per heavy atom. The molecule has 1 fully saturated rings.